The van der Waals surface area contributed by atoms with Crippen LogP contribution < -0.4 is 10.2 Å². The first kappa shape index (κ1) is 23.5. The van der Waals surface area contributed by atoms with Crippen molar-refractivity contribution in [2.24, 2.45) is 0 Å². The summed E-state index contributed by atoms with van der Waals surface area (Å²) in [5.74, 6) is -0.799. The molecule has 0 bridgehead atoms. The summed E-state index contributed by atoms with van der Waals surface area (Å²) in [4.78, 5) is 28.2. The Morgan fingerprint density at radius 1 is 0.833 bits per heavy atom. The van der Waals surface area contributed by atoms with Gasteiger partial charge in [-0.1, -0.05) is 72.8 Å². The fourth-order valence-corrected chi connectivity index (χ4v) is 6.01. The van der Waals surface area contributed by atoms with Gasteiger partial charge in [-0.25, -0.2) is 8.42 Å². The number of anilines is 1. The van der Waals surface area contributed by atoms with Gasteiger partial charge in [0.05, 0.1) is 33.6 Å². The lowest BCUT2D eigenvalue weighted by atomic mass is 10.1. The highest BCUT2D eigenvalue weighted by molar-refractivity contribution is 7.91. The van der Waals surface area contributed by atoms with Crippen molar-refractivity contribution in [1.82, 2.24) is 5.32 Å². The van der Waals surface area contributed by atoms with Gasteiger partial charge in [-0.3, -0.25) is 9.59 Å². The molecule has 7 heteroatoms. The average Bonchev–Trinajstić information content (AvgIpc) is 2.97. The molecule has 4 aromatic carbocycles. The van der Waals surface area contributed by atoms with Crippen LogP contribution in [0.1, 0.15) is 44.8 Å². The molecule has 6 nitrogen and oxygen atoms in total. The largest absolute Gasteiger partial charge is 0.346 e. The molecule has 2 amide bonds. The minimum atomic E-state index is -4.00. The molecular weight excluding hydrogens is 472 g/mol. The van der Waals surface area contributed by atoms with Gasteiger partial charge in [0.2, 0.25) is 9.84 Å². The Kier molecular flexibility index (Phi) is 6.16. The zero-order chi connectivity index (χ0) is 25.3. The molecule has 0 saturated heterocycles. The van der Waals surface area contributed by atoms with E-state index in [4.69, 9.17) is 0 Å². The number of nitrogens with zero attached hydrogens (tertiary/aromatic N) is 1. The van der Waals surface area contributed by atoms with Crippen molar-refractivity contribution < 1.29 is 18.0 Å². The highest BCUT2D eigenvalue weighted by Gasteiger charge is 2.36. The molecule has 0 unspecified atom stereocenters. The number of hydrogen-bond donors (Lipinski definition) is 1. The van der Waals surface area contributed by atoms with E-state index in [2.05, 4.69) is 5.32 Å². The smallest absolute Gasteiger partial charge is 0.259 e. The van der Waals surface area contributed by atoms with Gasteiger partial charge in [-0.2, -0.15) is 0 Å². The first-order valence-corrected chi connectivity index (χ1v) is 13.0. The summed E-state index contributed by atoms with van der Waals surface area (Å²) in [6.45, 7) is 2.03. The second-order valence-electron chi connectivity index (χ2n) is 8.66. The molecule has 4 aromatic rings. The number of fused-ring (bicyclic) bond motifs is 2. The van der Waals surface area contributed by atoms with Crippen LogP contribution in [0, 0.1) is 0 Å². The minimum absolute atomic E-state index is 0.00983. The van der Waals surface area contributed by atoms with Crippen LogP contribution in [0.3, 0.4) is 0 Å². The number of sulfone groups is 1. The molecule has 0 fully saturated rings. The van der Waals surface area contributed by atoms with E-state index in [1.54, 1.807) is 12.1 Å². The maximum Gasteiger partial charge on any atom is 0.259 e. The summed E-state index contributed by atoms with van der Waals surface area (Å²) in [5.41, 5.74) is 2.33. The molecular formula is C29H24N2O4S. The second kappa shape index (κ2) is 9.43. The molecule has 1 heterocycles. The van der Waals surface area contributed by atoms with Crippen LogP contribution >= 0.6 is 0 Å². The molecule has 0 aliphatic carbocycles. The molecule has 36 heavy (non-hydrogen) atoms. The zero-order valence-corrected chi connectivity index (χ0v) is 20.4. The molecule has 0 spiro atoms. The summed E-state index contributed by atoms with van der Waals surface area (Å²) in [6, 6.07) is 29.2. The normalized spacial score (nSPS) is 14.8. The van der Waals surface area contributed by atoms with Crippen molar-refractivity contribution in [1.29, 1.82) is 0 Å². The molecule has 0 saturated carbocycles. The van der Waals surface area contributed by atoms with Gasteiger partial charge in [-0.05, 0) is 48.4 Å². The Hall–Kier alpha value is -4.23. The number of benzene rings is 4. The van der Waals surface area contributed by atoms with Crippen LogP contribution in [0.2, 0.25) is 0 Å². The molecule has 1 atom stereocenters. The van der Waals surface area contributed by atoms with E-state index < -0.39 is 15.7 Å². The van der Waals surface area contributed by atoms with Crippen molar-refractivity contribution >= 4 is 27.3 Å². The molecule has 0 aromatic heterocycles. The number of hydrogen-bond acceptors (Lipinski definition) is 4. The standard InChI is InChI=1S/C29H24N2O4S/c1-20(22-12-6-3-7-13-22)30-28(32)23-16-17-27-25(18-23)31(19-21-10-4-2-5-11-21)29(33)24-14-8-9-15-26(24)36(27,34)35/h2-18,20H,19H2,1H3,(H,30,32)/t20-/m1/s1. The topological polar surface area (TPSA) is 83.6 Å². The van der Waals surface area contributed by atoms with Crippen molar-refractivity contribution in [2.45, 2.75) is 29.3 Å². The van der Waals surface area contributed by atoms with Crippen LogP contribution in [0.25, 0.3) is 0 Å². The molecule has 1 aliphatic heterocycles. The fraction of sp³-hybridized carbons (Fsp3) is 0.103. The Bertz CT molecular complexity index is 1550. The summed E-state index contributed by atoms with van der Waals surface area (Å²) < 4.78 is 27.2. The number of nitrogens with one attached hydrogen (secondary N) is 1. The molecule has 180 valence electrons. The number of amides is 2. The van der Waals surface area contributed by atoms with Gasteiger partial charge < -0.3 is 10.2 Å². The van der Waals surface area contributed by atoms with Crippen molar-refractivity contribution in [3.8, 4) is 0 Å². The average molecular weight is 497 g/mol. The van der Waals surface area contributed by atoms with Gasteiger partial charge in [0.1, 0.15) is 0 Å². The summed E-state index contributed by atoms with van der Waals surface area (Å²) in [7, 11) is -4.00. The highest BCUT2D eigenvalue weighted by Crippen LogP contribution is 2.38. The lowest BCUT2D eigenvalue weighted by Gasteiger charge is -2.24. The van der Waals surface area contributed by atoms with Crippen LogP contribution in [-0.2, 0) is 16.4 Å². The van der Waals surface area contributed by atoms with E-state index in [-0.39, 0.29) is 45.1 Å². The summed E-state index contributed by atoms with van der Waals surface area (Å²) in [6.07, 6.45) is 0. The predicted molar refractivity (Wildman–Crippen MR) is 138 cm³/mol. The van der Waals surface area contributed by atoms with E-state index in [1.807, 2.05) is 67.6 Å². The van der Waals surface area contributed by atoms with E-state index in [0.29, 0.717) is 0 Å². The number of carbonyl (C=O) groups excluding carboxylic acids is 2. The third kappa shape index (κ3) is 4.29. The van der Waals surface area contributed by atoms with Gasteiger partial charge in [0.25, 0.3) is 11.8 Å². The Balaban J connectivity index is 1.60. The minimum Gasteiger partial charge on any atom is -0.346 e. The maximum absolute atomic E-state index is 13.7. The van der Waals surface area contributed by atoms with Gasteiger partial charge in [-0.15, -0.1) is 0 Å². The van der Waals surface area contributed by atoms with Crippen LogP contribution in [-0.4, -0.2) is 20.2 Å². The Morgan fingerprint density at radius 3 is 2.19 bits per heavy atom. The van der Waals surface area contributed by atoms with Crippen LogP contribution in [0.15, 0.2) is 113 Å². The maximum atomic E-state index is 13.7. The lowest BCUT2D eigenvalue weighted by molar-refractivity contribution is 0.0937. The summed E-state index contributed by atoms with van der Waals surface area (Å²) in [5, 5.41) is 2.96. The van der Waals surface area contributed by atoms with E-state index in [1.165, 1.54) is 35.2 Å². The van der Waals surface area contributed by atoms with Crippen molar-refractivity contribution in [3.05, 3.63) is 125 Å². The van der Waals surface area contributed by atoms with Gasteiger partial charge in [0.15, 0.2) is 0 Å². The van der Waals surface area contributed by atoms with Gasteiger partial charge in [0, 0.05) is 5.56 Å². The summed E-state index contributed by atoms with van der Waals surface area (Å²) >= 11 is 0. The molecule has 1 aliphatic rings. The van der Waals surface area contributed by atoms with Crippen LogP contribution in [0.5, 0.6) is 0 Å². The van der Waals surface area contributed by atoms with Crippen molar-refractivity contribution in [3.63, 3.8) is 0 Å². The zero-order valence-electron chi connectivity index (χ0n) is 19.6. The van der Waals surface area contributed by atoms with Crippen molar-refractivity contribution in [2.75, 3.05) is 4.90 Å². The van der Waals surface area contributed by atoms with E-state index in [0.717, 1.165) is 11.1 Å². The lowest BCUT2D eigenvalue weighted by Crippen LogP contribution is -2.31. The predicted octanol–water partition coefficient (Wildman–Crippen LogP) is 5.17. The first-order valence-electron chi connectivity index (χ1n) is 11.6. The fourth-order valence-electron chi connectivity index (χ4n) is 4.38. The quantitative estimate of drug-likeness (QED) is 0.413. The highest BCUT2D eigenvalue weighted by atomic mass is 32.2. The van der Waals surface area contributed by atoms with E-state index >= 15 is 0 Å². The third-order valence-corrected chi connectivity index (χ3v) is 8.14. The second-order valence-corrected chi connectivity index (χ2v) is 10.6. The van der Waals surface area contributed by atoms with Crippen LogP contribution in [0.4, 0.5) is 5.69 Å². The molecule has 1 N–H and O–H groups in total. The third-order valence-electron chi connectivity index (χ3n) is 6.28. The Morgan fingerprint density at radius 2 is 1.47 bits per heavy atom. The molecule has 0 radical (unpaired) electrons. The number of rotatable bonds is 5. The monoisotopic (exact) mass is 496 g/mol. The SMILES string of the molecule is C[C@@H](NC(=O)c1ccc2c(c1)N(Cc1ccccc1)C(=O)c1ccccc1S2(=O)=O)c1ccccc1. The Labute approximate surface area is 210 Å². The first-order chi connectivity index (χ1) is 17.4. The number of carbonyl (C=O) groups is 2. The molecule has 5 rings (SSSR count). The van der Waals surface area contributed by atoms with E-state index in [9.17, 15) is 18.0 Å². The van der Waals surface area contributed by atoms with Gasteiger partial charge >= 0.3 is 0 Å².